The molecule has 0 saturated carbocycles. The Bertz CT molecular complexity index is 355. The van der Waals surface area contributed by atoms with Crippen molar-refractivity contribution in [2.75, 3.05) is 53.5 Å². The molecule has 6 nitrogen and oxygen atoms in total. The Kier molecular flexibility index (Phi) is 9.81. The highest BCUT2D eigenvalue weighted by Crippen LogP contribution is 2.18. The molecule has 0 radical (unpaired) electrons. The van der Waals surface area contributed by atoms with Crippen LogP contribution in [0.5, 0.6) is 0 Å². The van der Waals surface area contributed by atoms with E-state index in [-0.39, 0.29) is 30.1 Å². The number of nitrogens with one attached hydrogen (secondary N) is 1. The van der Waals surface area contributed by atoms with Gasteiger partial charge < -0.3 is 19.7 Å². The van der Waals surface area contributed by atoms with Crippen LogP contribution >= 0.6 is 0 Å². The lowest BCUT2D eigenvalue weighted by molar-refractivity contribution is -0.135. The summed E-state index contributed by atoms with van der Waals surface area (Å²) in [6, 6.07) is -0.0787. The van der Waals surface area contributed by atoms with Crippen LogP contribution in [0.25, 0.3) is 0 Å². The molecule has 0 aromatic heterocycles. The molecule has 1 N–H and O–H groups in total. The summed E-state index contributed by atoms with van der Waals surface area (Å²) in [5.41, 5.74) is 0. The van der Waals surface area contributed by atoms with E-state index in [1.807, 2.05) is 0 Å². The van der Waals surface area contributed by atoms with Crippen molar-refractivity contribution < 1.29 is 14.3 Å². The fourth-order valence-corrected chi connectivity index (χ4v) is 3.36. The average Bonchev–Trinajstić information content (AvgIpc) is 2.48. The van der Waals surface area contributed by atoms with Gasteiger partial charge in [0.15, 0.2) is 0 Å². The fourth-order valence-electron chi connectivity index (χ4n) is 3.36. The highest BCUT2D eigenvalue weighted by atomic mass is 16.5. The minimum atomic E-state index is -0.0787. The maximum atomic E-state index is 12.7. The van der Waals surface area contributed by atoms with Crippen LogP contribution in [0.2, 0.25) is 0 Å². The number of carbonyl (C=O) groups is 1. The Balaban J connectivity index is 2.41. The minimum absolute atomic E-state index is 0.0787. The molecule has 1 fully saturated rings. The van der Waals surface area contributed by atoms with E-state index in [0.717, 1.165) is 45.8 Å². The largest absolute Gasteiger partial charge is 0.383 e. The molecule has 1 aliphatic rings. The van der Waals surface area contributed by atoms with Crippen LogP contribution in [0.4, 0.5) is 0 Å². The molecule has 0 bridgehead atoms. The molecule has 3 unspecified atom stereocenters. The van der Waals surface area contributed by atoms with E-state index in [9.17, 15) is 4.79 Å². The molecule has 1 rings (SSSR count). The Hall–Kier alpha value is -0.690. The first-order chi connectivity index (χ1) is 11.3. The summed E-state index contributed by atoms with van der Waals surface area (Å²) in [5, 5.41) is 3.12. The third-order valence-electron chi connectivity index (χ3n) is 4.43. The molecule has 0 aliphatic carbocycles. The van der Waals surface area contributed by atoms with Gasteiger partial charge in [0.1, 0.15) is 0 Å². The molecular weight excluding hydrogens is 306 g/mol. The number of amides is 1. The quantitative estimate of drug-likeness (QED) is 0.604. The average molecular weight is 344 g/mol. The summed E-state index contributed by atoms with van der Waals surface area (Å²) in [5.74, 6) is 0.428. The molecule has 1 saturated heterocycles. The molecule has 142 valence electrons. The maximum absolute atomic E-state index is 12.7. The molecular formula is C18H37N3O3. The van der Waals surface area contributed by atoms with E-state index < -0.39 is 0 Å². The van der Waals surface area contributed by atoms with Gasteiger partial charge in [-0.15, -0.1) is 0 Å². The first kappa shape index (κ1) is 21.4. The van der Waals surface area contributed by atoms with Crippen LogP contribution in [-0.2, 0) is 14.3 Å². The highest BCUT2D eigenvalue weighted by Gasteiger charge is 2.33. The Morgan fingerprint density at radius 2 is 1.92 bits per heavy atom. The maximum Gasteiger partial charge on any atom is 0.237 e. The molecule has 3 atom stereocenters. The molecule has 0 spiro atoms. The Morgan fingerprint density at radius 3 is 2.46 bits per heavy atom. The van der Waals surface area contributed by atoms with E-state index in [4.69, 9.17) is 9.47 Å². The summed E-state index contributed by atoms with van der Waals surface area (Å²) in [4.78, 5) is 17.2. The van der Waals surface area contributed by atoms with Gasteiger partial charge in [0.2, 0.25) is 5.91 Å². The van der Waals surface area contributed by atoms with Gasteiger partial charge in [-0.05, 0) is 39.8 Å². The van der Waals surface area contributed by atoms with Gasteiger partial charge in [-0.25, -0.2) is 0 Å². The van der Waals surface area contributed by atoms with Crippen LogP contribution < -0.4 is 5.32 Å². The van der Waals surface area contributed by atoms with Gasteiger partial charge in [-0.2, -0.15) is 0 Å². The van der Waals surface area contributed by atoms with Crippen LogP contribution in [0.15, 0.2) is 0 Å². The summed E-state index contributed by atoms with van der Waals surface area (Å²) in [7, 11) is 3.79. The molecule has 1 amide bonds. The topological polar surface area (TPSA) is 54.0 Å². The van der Waals surface area contributed by atoms with Gasteiger partial charge in [-0.3, -0.25) is 9.69 Å². The van der Waals surface area contributed by atoms with Crippen molar-refractivity contribution in [1.29, 1.82) is 0 Å². The van der Waals surface area contributed by atoms with Crippen LogP contribution in [0.1, 0.15) is 34.1 Å². The Labute approximate surface area is 147 Å². The predicted molar refractivity (Wildman–Crippen MR) is 97.2 cm³/mol. The lowest BCUT2D eigenvalue weighted by atomic mass is 9.99. The molecule has 24 heavy (non-hydrogen) atoms. The number of morpholine rings is 1. The van der Waals surface area contributed by atoms with E-state index in [0.29, 0.717) is 0 Å². The number of hydrogen-bond acceptors (Lipinski definition) is 5. The van der Waals surface area contributed by atoms with Crippen molar-refractivity contribution in [2.24, 2.45) is 5.92 Å². The number of nitrogens with zero attached hydrogens (tertiary/aromatic N) is 2. The number of rotatable bonds is 10. The van der Waals surface area contributed by atoms with Crippen molar-refractivity contribution in [3.8, 4) is 0 Å². The molecule has 1 aliphatic heterocycles. The van der Waals surface area contributed by atoms with Gasteiger partial charge in [-0.1, -0.05) is 13.8 Å². The number of carbonyl (C=O) groups excluding carboxylic acids is 1. The van der Waals surface area contributed by atoms with Crippen molar-refractivity contribution >= 4 is 5.91 Å². The standard InChI is InChI=1S/C18H37N3O3/c1-14(2)17(21-12-15(3)24-16(4)13-21)18(22)19-8-7-9-20(5)10-11-23-6/h14-17H,7-13H2,1-6H3,(H,19,22). The molecule has 1 heterocycles. The first-order valence-electron chi connectivity index (χ1n) is 9.19. The lowest BCUT2D eigenvalue weighted by Gasteiger charge is -2.41. The number of hydrogen-bond donors (Lipinski definition) is 1. The zero-order valence-corrected chi connectivity index (χ0v) is 16.4. The van der Waals surface area contributed by atoms with Crippen LogP contribution in [-0.4, -0.2) is 87.4 Å². The monoisotopic (exact) mass is 343 g/mol. The Morgan fingerprint density at radius 1 is 1.29 bits per heavy atom. The van der Waals surface area contributed by atoms with Gasteiger partial charge in [0.25, 0.3) is 0 Å². The van der Waals surface area contributed by atoms with E-state index in [2.05, 4.69) is 49.9 Å². The second-order valence-electron chi connectivity index (χ2n) is 7.34. The minimum Gasteiger partial charge on any atom is -0.383 e. The van der Waals surface area contributed by atoms with Gasteiger partial charge in [0.05, 0.1) is 24.9 Å². The van der Waals surface area contributed by atoms with Crippen molar-refractivity contribution in [1.82, 2.24) is 15.1 Å². The van der Waals surface area contributed by atoms with E-state index in [1.54, 1.807) is 7.11 Å². The molecule has 0 aromatic carbocycles. The summed E-state index contributed by atoms with van der Waals surface area (Å²) in [6.45, 7) is 13.4. The zero-order chi connectivity index (χ0) is 18.1. The molecule has 0 aromatic rings. The SMILES string of the molecule is COCCN(C)CCCNC(=O)C(C(C)C)N1CC(C)OC(C)C1. The van der Waals surface area contributed by atoms with Crippen LogP contribution in [0, 0.1) is 5.92 Å². The van der Waals surface area contributed by atoms with Gasteiger partial charge >= 0.3 is 0 Å². The third kappa shape index (κ3) is 7.47. The van der Waals surface area contributed by atoms with Crippen molar-refractivity contribution in [2.45, 2.75) is 52.4 Å². The van der Waals surface area contributed by atoms with Crippen molar-refractivity contribution in [3.63, 3.8) is 0 Å². The number of ether oxygens (including phenoxy) is 2. The first-order valence-corrected chi connectivity index (χ1v) is 9.19. The van der Waals surface area contributed by atoms with Gasteiger partial charge in [0, 0.05) is 33.3 Å². The van der Waals surface area contributed by atoms with Crippen LogP contribution in [0.3, 0.4) is 0 Å². The summed E-state index contributed by atoms with van der Waals surface area (Å²) in [6.07, 6.45) is 1.31. The highest BCUT2D eigenvalue weighted by molar-refractivity contribution is 5.82. The third-order valence-corrected chi connectivity index (χ3v) is 4.43. The number of methoxy groups -OCH3 is 1. The van der Waals surface area contributed by atoms with Crippen molar-refractivity contribution in [3.05, 3.63) is 0 Å². The predicted octanol–water partition coefficient (Wildman–Crippen LogP) is 1.20. The summed E-state index contributed by atoms with van der Waals surface area (Å²) < 4.78 is 10.9. The van der Waals surface area contributed by atoms with E-state index in [1.165, 1.54) is 0 Å². The molecule has 6 heteroatoms. The lowest BCUT2D eigenvalue weighted by Crippen LogP contribution is -2.57. The smallest absolute Gasteiger partial charge is 0.237 e. The second kappa shape index (κ2) is 11.0. The van der Waals surface area contributed by atoms with E-state index >= 15 is 0 Å². The normalized spacial score (nSPS) is 23.7. The zero-order valence-electron chi connectivity index (χ0n) is 16.4. The fraction of sp³-hybridized carbons (Fsp3) is 0.944. The number of likely N-dealkylation sites (N-methyl/N-ethyl adjacent to an activating group) is 1. The second-order valence-corrected chi connectivity index (χ2v) is 7.34. The summed E-state index contributed by atoms with van der Waals surface area (Å²) >= 11 is 0.